The summed E-state index contributed by atoms with van der Waals surface area (Å²) in [7, 11) is 0. The molecule has 1 N–H and O–H groups in total. The molecule has 0 spiro atoms. The van der Waals surface area contributed by atoms with Crippen LogP contribution in [0.1, 0.15) is 41.2 Å². The van der Waals surface area contributed by atoms with Crippen molar-refractivity contribution < 1.29 is 9.59 Å². The number of allylic oxidation sites excluding steroid dienone is 1. The van der Waals surface area contributed by atoms with Gasteiger partial charge in [-0.15, -0.1) is 0 Å². The second-order valence-corrected chi connectivity index (χ2v) is 8.24. The molecule has 31 heavy (non-hydrogen) atoms. The summed E-state index contributed by atoms with van der Waals surface area (Å²) in [6.07, 6.45) is 2.07. The van der Waals surface area contributed by atoms with Crippen molar-refractivity contribution in [2.75, 3.05) is 10.2 Å². The zero-order valence-electron chi connectivity index (χ0n) is 16.8. The van der Waals surface area contributed by atoms with Gasteiger partial charge in [-0.2, -0.15) is 0 Å². The Hall–Kier alpha value is -3.37. The second kappa shape index (κ2) is 8.05. The normalized spacial score (nSPS) is 18.0. The number of rotatable bonds is 2. The number of halogens is 1. The molecule has 0 bridgehead atoms. The van der Waals surface area contributed by atoms with Crippen LogP contribution in [-0.2, 0) is 4.79 Å². The molecule has 3 aromatic carbocycles. The van der Waals surface area contributed by atoms with Crippen LogP contribution in [0.15, 0.2) is 90.1 Å². The van der Waals surface area contributed by atoms with Crippen molar-refractivity contribution in [1.29, 1.82) is 0 Å². The Morgan fingerprint density at radius 3 is 2.39 bits per heavy atom. The molecule has 1 aliphatic heterocycles. The van der Waals surface area contributed by atoms with E-state index in [9.17, 15) is 9.59 Å². The van der Waals surface area contributed by atoms with Gasteiger partial charge in [0.05, 0.1) is 17.4 Å². The van der Waals surface area contributed by atoms with Gasteiger partial charge in [-0.25, -0.2) is 0 Å². The lowest BCUT2D eigenvalue weighted by molar-refractivity contribution is -0.116. The number of anilines is 2. The van der Waals surface area contributed by atoms with E-state index in [0.717, 1.165) is 35.5 Å². The van der Waals surface area contributed by atoms with Gasteiger partial charge in [0.2, 0.25) is 0 Å². The maximum atomic E-state index is 13.9. The summed E-state index contributed by atoms with van der Waals surface area (Å²) in [5.74, 6) is -0.0868. The highest BCUT2D eigenvalue weighted by molar-refractivity contribution is 6.30. The number of carbonyl (C=O) groups excluding carboxylic acids is 2. The highest BCUT2D eigenvalue weighted by atomic mass is 35.5. The first kappa shape index (κ1) is 19.6. The lowest BCUT2D eigenvalue weighted by atomic mass is 9.85. The quantitative estimate of drug-likeness (QED) is 0.531. The third-order valence-corrected chi connectivity index (χ3v) is 6.11. The molecular formula is C26H21ClN2O2. The largest absolute Gasteiger partial charge is 0.357 e. The fourth-order valence-electron chi connectivity index (χ4n) is 4.44. The minimum absolute atomic E-state index is 0.0873. The zero-order chi connectivity index (χ0) is 21.4. The van der Waals surface area contributed by atoms with E-state index < -0.39 is 6.04 Å². The van der Waals surface area contributed by atoms with E-state index in [2.05, 4.69) is 5.32 Å². The van der Waals surface area contributed by atoms with Gasteiger partial charge >= 0.3 is 0 Å². The van der Waals surface area contributed by atoms with Crippen LogP contribution in [0.5, 0.6) is 0 Å². The fourth-order valence-corrected chi connectivity index (χ4v) is 4.57. The number of hydrogen-bond acceptors (Lipinski definition) is 3. The summed E-state index contributed by atoms with van der Waals surface area (Å²) >= 11 is 6.06. The average Bonchev–Trinajstić information content (AvgIpc) is 2.95. The molecule has 5 heteroatoms. The first-order chi connectivity index (χ1) is 15.1. The van der Waals surface area contributed by atoms with Crippen molar-refractivity contribution in [1.82, 2.24) is 0 Å². The zero-order valence-corrected chi connectivity index (χ0v) is 17.6. The number of carbonyl (C=O) groups is 2. The Morgan fingerprint density at radius 2 is 1.61 bits per heavy atom. The summed E-state index contributed by atoms with van der Waals surface area (Å²) in [4.78, 5) is 28.9. The number of nitrogens with zero attached hydrogens (tertiary/aromatic N) is 1. The number of para-hydroxylation sites is 2. The number of nitrogens with one attached hydrogen (secondary N) is 1. The molecule has 1 aliphatic carbocycles. The molecule has 0 aromatic heterocycles. The summed E-state index contributed by atoms with van der Waals surface area (Å²) in [6, 6.07) is 23.9. The van der Waals surface area contributed by atoms with Gasteiger partial charge in [0, 0.05) is 28.3 Å². The maximum absolute atomic E-state index is 13.9. The Bertz CT molecular complexity index is 1190. The molecule has 4 nitrogen and oxygen atoms in total. The number of hydrogen-bond donors (Lipinski definition) is 1. The number of benzene rings is 3. The van der Waals surface area contributed by atoms with Crippen molar-refractivity contribution in [3.8, 4) is 0 Å². The molecule has 0 unspecified atom stereocenters. The summed E-state index contributed by atoms with van der Waals surface area (Å²) < 4.78 is 0. The van der Waals surface area contributed by atoms with Crippen LogP contribution in [0.3, 0.4) is 0 Å². The molecule has 0 saturated heterocycles. The van der Waals surface area contributed by atoms with Crippen LogP contribution < -0.4 is 10.2 Å². The maximum Gasteiger partial charge on any atom is 0.259 e. The SMILES string of the molecule is O=C1CCCC2=C1[C@H](c1ccccc1)N(C(=O)c1ccc(Cl)cc1)c1ccccc1N2. The van der Waals surface area contributed by atoms with Crippen LogP contribution in [0, 0.1) is 0 Å². The molecule has 3 aromatic rings. The Labute approximate surface area is 186 Å². The monoisotopic (exact) mass is 428 g/mol. The molecule has 0 saturated carbocycles. The smallest absolute Gasteiger partial charge is 0.259 e. The van der Waals surface area contributed by atoms with Gasteiger partial charge in [-0.05, 0) is 54.8 Å². The molecular weight excluding hydrogens is 408 g/mol. The van der Waals surface area contributed by atoms with Crippen LogP contribution >= 0.6 is 11.6 Å². The van der Waals surface area contributed by atoms with Crippen molar-refractivity contribution >= 4 is 34.7 Å². The third kappa shape index (κ3) is 3.53. The van der Waals surface area contributed by atoms with E-state index in [0.29, 0.717) is 22.6 Å². The van der Waals surface area contributed by atoms with Crippen LogP contribution in [-0.4, -0.2) is 11.7 Å². The number of Topliss-reactive ketones (excluding diaryl/α,β-unsaturated/α-hetero) is 1. The molecule has 0 radical (unpaired) electrons. The molecule has 154 valence electrons. The molecule has 0 fully saturated rings. The number of ketones is 1. The Kier molecular flexibility index (Phi) is 5.08. The highest BCUT2D eigenvalue weighted by Crippen LogP contribution is 2.45. The van der Waals surface area contributed by atoms with Crippen LogP contribution in [0.25, 0.3) is 0 Å². The first-order valence-corrected chi connectivity index (χ1v) is 10.8. The van der Waals surface area contributed by atoms with Crippen molar-refractivity contribution in [2.24, 2.45) is 0 Å². The summed E-state index contributed by atoms with van der Waals surface area (Å²) in [6.45, 7) is 0. The number of amides is 1. The van der Waals surface area contributed by atoms with Gasteiger partial charge in [-0.1, -0.05) is 54.1 Å². The molecule has 1 amide bonds. The fraction of sp³-hybridized carbons (Fsp3) is 0.154. The Balaban J connectivity index is 1.77. The minimum atomic E-state index is -0.511. The molecule has 1 heterocycles. The van der Waals surface area contributed by atoms with E-state index in [-0.39, 0.29) is 11.7 Å². The highest BCUT2D eigenvalue weighted by Gasteiger charge is 2.39. The van der Waals surface area contributed by atoms with E-state index in [4.69, 9.17) is 11.6 Å². The average molecular weight is 429 g/mol. The van der Waals surface area contributed by atoms with Gasteiger partial charge in [0.15, 0.2) is 5.78 Å². The van der Waals surface area contributed by atoms with Crippen LogP contribution in [0.2, 0.25) is 5.02 Å². The van der Waals surface area contributed by atoms with E-state index >= 15 is 0 Å². The third-order valence-electron chi connectivity index (χ3n) is 5.86. The first-order valence-electron chi connectivity index (χ1n) is 10.4. The molecule has 5 rings (SSSR count). The van der Waals surface area contributed by atoms with Gasteiger partial charge in [0.1, 0.15) is 0 Å². The van der Waals surface area contributed by atoms with Crippen molar-refractivity contribution in [2.45, 2.75) is 25.3 Å². The van der Waals surface area contributed by atoms with Crippen molar-refractivity contribution in [3.05, 3.63) is 106 Å². The molecule has 2 aliphatic rings. The lowest BCUT2D eigenvalue weighted by Gasteiger charge is -2.34. The standard InChI is InChI=1S/C26H21ClN2O2/c27-19-15-13-18(14-16-19)26(31)29-22-11-5-4-9-20(22)28-21-10-6-12-23(30)24(21)25(29)17-7-2-1-3-8-17/h1-5,7-9,11,13-16,25,28H,6,10,12H2/t25-/m0/s1. The van der Waals surface area contributed by atoms with E-state index in [1.54, 1.807) is 29.2 Å². The topological polar surface area (TPSA) is 49.4 Å². The van der Waals surface area contributed by atoms with Crippen molar-refractivity contribution in [3.63, 3.8) is 0 Å². The van der Waals surface area contributed by atoms with Crippen LogP contribution in [0.4, 0.5) is 11.4 Å². The summed E-state index contributed by atoms with van der Waals surface area (Å²) in [5, 5.41) is 4.05. The molecule has 1 atom stereocenters. The Morgan fingerprint density at radius 1 is 0.903 bits per heavy atom. The lowest BCUT2D eigenvalue weighted by Crippen LogP contribution is -2.38. The minimum Gasteiger partial charge on any atom is -0.357 e. The van der Waals surface area contributed by atoms with Gasteiger partial charge in [0.25, 0.3) is 5.91 Å². The van der Waals surface area contributed by atoms with E-state index in [1.165, 1.54) is 0 Å². The summed E-state index contributed by atoms with van der Waals surface area (Å²) in [5.41, 5.74) is 4.59. The van der Waals surface area contributed by atoms with Gasteiger partial charge < -0.3 is 5.32 Å². The second-order valence-electron chi connectivity index (χ2n) is 7.81. The van der Waals surface area contributed by atoms with E-state index in [1.807, 2.05) is 54.6 Å². The predicted molar refractivity (Wildman–Crippen MR) is 123 cm³/mol. The number of fused-ring (bicyclic) bond motifs is 1. The predicted octanol–water partition coefficient (Wildman–Crippen LogP) is 6.16. The van der Waals surface area contributed by atoms with Gasteiger partial charge in [-0.3, -0.25) is 14.5 Å².